The molecule has 0 spiro atoms. The van der Waals surface area contributed by atoms with Crippen LogP contribution in [0.25, 0.3) is 0 Å². The first-order valence-electron chi connectivity index (χ1n) is 6.13. The zero-order valence-corrected chi connectivity index (χ0v) is 13.4. The Morgan fingerprint density at radius 1 is 1.14 bits per heavy atom. The number of nitrogens with one attached hydrogen (secondary N) is 1. The zero-order valence-electron chi connectivity index (χ0n) is 11.1. The number of hydrogen-bond acceptors (Lipinski definition) is 1. The molecule has 0 amide bonds. The maximum atomic E-state index is 12.7. The van der Waals surface area contributed by atoms with E-state index >= 15 is 0 Å². The van der Waals surface area contributed by atoms with E-state index < -0.39 is 11.7 Å². The maximum Gasteiger partial charge on any atom is 0.416 e. The molecule has 112 valence electrons. The van der Waals surface area contributed by atoms with Crippen LogP contribution >= 0.6 is 27.5 Å². The number of alkyl halides is 3. The average molecular weight is 379 g/mol. The highest BCUT2D eigenvalue weighted by atomic mass is 79.9. The number of anilines is 1. The van der Waals surface area contributed by atoms with E-state index in [2.05, 4.69) is 21.2 Å². The van der Waals surface area contributed by atoms with Crippen LogP contribution in [0.4, 0.5) is 18.9 Å². The summed E-state index contributed by atoms with van der Waals surface area (Å²) in [6.07, 6.45) is -4.34. The van der Waals surface area contributed by atoms with E-state index in [4.69, 9.17) is 11.6 Å². The Hall–Kier alpha value is -1.20. The molecule has 21 heavy (non-hydrogen) atoms. The van der Waals surface area contributed by atoms with Gasteiger partial charge in [0.2, 0.25) is 0 Å². The Morgan fingerprint density at radius 2 is 1.86 bits per heavy atom. The molecule has 0 atom stereocenters. The van der Waals surface area contributed by atoms with Gasteiger partial charge in [0.25, 0.3) is 0 Å². The minimum Gasteiger partial charge on any atom is -0.381 e. The molecular weight excluding hydrogens is 367 g/mol. The van der Waals surface area contributed by atoms with Crippen LogP contribution in [0.3, 0.4) is 0 Å². The van der Waals surface area contributed by atoms with E-state index in [0.29, 0.717) is 17.3 Å². The van der Waals surface area contributed by atoms with E-state index in [1.807, 2.05) is 6.07 Å². The zero-order chi connectivity index (χ0) is 15.6. The third kappa shape index (κ3) is 4.14. The summed E-state index contributed by atoms with van der Waals surface area (Å²) >= 11 is 9.28. The highest BCUT2D eigenvalue weighted by molar-refractivity contribution is 9.10. The molecule has 2 aromatic rings. The Kier molecular flexibility index (Phi) is 4.84. The molecule has 2 rings (SSSR count). The van der Waals surface area contributed by atoms with Gasteiger partial charge in [-0.25, -0.2) is 0 Å². The summed E-state index contributed by atoms with van der Waals surface area (Å²) in [4.78, 5) is 0. The van der Waals surface area contributed by atoms with Gasteiger partial charge in [-0.15, -0.1) is 0 Å². The fraction of sp³-hybridized carbons (Fsp3) is 0.200. The molecule has 0 saturated carbocycles. The van der Waals surface area contributed by atoms with E-state index in [0.717, 1.165) is 27.7 Å². The molecule has 0 radical (unpaired) electrons. The van der Waals surface area contributed by atoms with Crippen molar-refractivity contribution in [3.05, 3.63) is 62.6 Å². The van der Waals surface area contributed by atoms with E-state index in [-0.39, 0.29) is 0 Å². The van der Waals surface area contributed by atoms with Gasteiger partial charge in [-0.3, -0.25) is 0 Å². The first-order chi connectivity index (χ1) is 9.77. The topological polar surface area (TPSA) is 12.0 Å². The third-order valence-electron chi connectivity index (χ3n) is 3.03. The fourth-order valence-electron chi connectivity index (χ4n) is 1.84. The van der Waals surface area contributed by atoms with Crippen molar-refractivity contribution >= 4 is 33.2 Å². The van der Waals surface area contributed by atoms with Gasteiger partial charge in [0.1, 0.15) is 0 Å². The van der Waals surface area contributed by atoms with Crippen molar-refractivity contribution in [1.82, 2.24) is 0 Å². The molecule has 0 bridgehead atoms. The van der Waals surface area contributed by atoms with Gasteiger partial charge in [-0.1, -0.05) is 23.7 Å². The lowest BCUT2D eigenvalue weighted by atomic mass is 10.1. The summed E-state index contributed by atoms with van der Waals surface area (Å²) in [6, 6.07) is 9.08. The Bertz CT molecular complexity index is 656. The molecule has 0 aromatic heterocycles. The highest BCUT2D eigenvalue weighted by Crippen LogP contribution is 2.32. The van der Waals surface area contributed by atoms with E-state index in [1.54, 1.807) is 19.1 Å². The molecule has 2 aromatic carbocycles. The lowest BCUT2D eigenvalue weighted by molar-refractivity contribution is -0.137. The number of halogens is 5. The van der Waals surface area contributed by atoms with Crippen molar-refractivity contribution < 1.29 is 13.2 Å². The summed E-state index contributed by atoms with van der Waals surface area (Å²) < 4.78 is 38.9. The minimum atomic E-state index is -4.34. The average Bonchev–Trinajstić information content (AvgIpc) is 2.40. The molecule has 1 nitrogen and oxygen atoms in total. The second-order valence-corrected chi connectivity index (χ2v) is 5.89. The SMILES string of the molecule is Cc1ccc(C(F)(F)F)cc1NCc1ccc(Br)c(Cl)c1. The Balaban J connectivity index is 2.17. The number of hydrogen-bond donors (Lipinski definition) is 1. The van der Waals surface area contributed by atoms with Gasteiger partial charge in [0, 0.05) is 16.7 Å². The van der Waals surface area contributed by atoms with Gasteiger partial charge in [0.05, 0.1) is 10.6 Å². The first-order valence-corrected chi connectivity index (χ1v) is 7.30. The van der Waals surface area contributed by atoms with Gasteiger partial charge >= 0.3 is 6.18 Å². The summed E-state index contributed by atoms with van der Waals surface area (Å²) in [5, 5.41) is 3.58. The van der Waals surface area contributed by atoms with Crippen LogP contribution in [0.2, 0.25) is 5.02 Å². The van der Waals surface area contributed by atoms with Crippen LogP contribution in [0.5, 0.6) is 0 Å². The second kappa shape index (κ2) is 6.28. The lowest BCUT2D eigenvalue weighted by Gasteiger charge is -2.13. The summed E-state index contributed by atoms with van der Waals surface area (Å²) in [5.41, 5.74) is 1.44. The van der Waals surface area contributed by atoms with Crippen LogP contribution < -0.4 is 5.32 Å². The molecule has 0 aliphatic heterocycles. The van der Waals surface area contributed by atoms with Crippen molar-refractivity contribution in [1.29, 1.82) is 0 Å². The smallest absolute Gasteiger partial charge is 0.381 e. The van der Waals surface area contributed by atoms with Crippen molar-refractivity contribution in [2.45, 2.75) is 19.6 Å². The Morgan fingerprint density at radius 3 is 2.48 bits per heavy atom. The van der Waals surface area contributed by atoms with Crippen LogP contribution in [0.1, 0.15) is 16.7 Å². The molecule has 0 fully saturated rings. The number of benzene rings is 2. The monoisotopic (exact) mass is 377 g/mol. The lowest BCUT2D eigenvalue weighted by Crippen LogP contribution is -2.07. The van der Waals surface area contributed by atoms with Gasteiger partial charge in [-0.05, 0) is 58.2 Å². The third-order valence-corrected chi connectivity index (χ3v) is 4.26. The number of aryl methyl sites for hydroxylation is 1. The molecule has 0 aliphatic rings. The van der Waals surface area contributed by atoms with Crippen molar-refractivity contribution in [2.24, 2.45) is 0 Å². The quantitative estimate of drug-likeness (QED) is 0.686. The molecule has 0 heterocycles. The maximum absolute atomic E-state index is 12.7. The summed E-state index contributed by atoms with van der Waals surface area (Å²) in [5.74, 6) is 0. The van der Waals surface area contributed by atoms with Crippen LogP contribution in [0, 0.1) is 6.92 Å². The normalized spacial score (nSPS) is 11.5. The first kappa shape index (κ1) is 16.2. The van der Waals surface area contributed by atoms with Crippen LogP contribution in [-0.4, -0.2) is 0 Å². The van der Waals surface area contributed by atoms with Crippen molar-refractivity contribution in [3.8, 4) is 0 Å². The predicted molar refractivity (Wildman–Crippen MR) is 82.7 cm³/mol. The number of rotatable bonds is 3. The summed E-state index contributed by atoms with van der Waals surface area (Å²) in [7, 11) is 0. The summed E-state index contributed by atoms with van der Waals surface area (Å²) in [6.45, 7) is 2.16. The van der Waals surface area contributed by atoms with Gasteiger partial charge in [0.15, 0.2) is 0 Å². The molecule has 6 heteroatoms. The fourth-order valence-corrected chi connectivity index (χ4v) is 2.29. The molecule has 0 saturated heterocycles. The largest absolute Gasteiger partial charge is 0.416 e. The van der Waals surface area contributed by atoms with E-state index in [9.17, 15) is 13.2 Å². The highest BCUT2D eigenvalue weighted by Gasteiger charge is 2.30. The molecule has 0 unspecified atom stereocenters. The molecular formula is C15H12BrClF3N. The minimum absolute atomic E-state index is 0.398. The van der Waals surface area contributed by atoms with Crippen LogP contribution in [-0.2, 0) is 12.7 Å². The second-order valence-electron chi connectivity index (χ2n) is 4.63. The molecule has 0 aliphatic carbocycles. The van der Waals surface area contributed by atoms with Gasteiger partial charge in [-0.2, -0.15) is 13.2 Å². The predicted octanol–water partition coefficient (Wildman–Crippen LogP) is 6.04. The Labute approximate surface area is 134 Å². The van der Waals surface area contributed by atoms with Crippen molar-refractivity contribution in [3.63, 3.8) is 0 Å². The van der Waals surface area contributed by atoms with Gasteiger partial charge < -0.3 is 5.32 Å². The van der Waals surface area contributed by atoms with Crippen molar-refractivity contribution in [2.75, 3.05) is 5.32 Å². The van der Waals surface area contributed by atoms with E-state index in [1.165, 1.54) is 6.07 Å². The molecule has 1 N–H and O–H groups in total. The standard InChI is InChI=1S/C15H12BrClF3N/c1-9-2-4-11(15(18,19)20)7-14(9)21-8-10-3-5-12(16)13(17)6-10/h2-7,21H,8H2,1H3. The van der Waals surface area contributed by atoms with Crippen LogP contribution in [0.15, 0.2) is 40.9 Å².